The fourth-order valence-electron chi connectivity index (χ4n) is 3.98. The van der Waals surface area contributed by atoms with Crippen LogP contribution in [0.5, 0.6) is 23.1 Å². The largest absolute Gasteiger partial charge is 0.493 e. The zero-order valence-corrected chi connectivity index (χ0v) is 22.9. The van der Waals surface area contributed by atoms with Crippen molar-refractivity contribution in [3.8, 4) is 23.1 Å². The van der Waals surface area contributed by atoms with Crippen LogP contribution in [0.15, 0.2) is 36.7 Å². The number of nitro groups is 1. The molecule has 12 nitrogen and oxygen atoms in total. The van der Waals surface area contributed by atoms with E-state index < -0.39 is 11.0 Å². The number of unbranched alkanes of at least 4 members (excludes halogenated alkanes) is 2. The molecule has 0 fully saturated rings. The summed E-state index contributed by atoms with van der Waals surface area (Å²) in [6.45, 7) is 7.41. The Bertz CT molecular complexity index is 1260. The lowest BCUT2D eigenvalue weighted by Crippen LogP contribution is -2.37. The lowest BCUT2D eigenvalue weighted by molar-refractivity contribution is -0.384. The molecule has 0 unspecified atom stereocenters. The third kappa shape index (κ3) is 8.14. The van der Waals surface area contributed by atoms with Gasteiger partial charge in [0.05, 0.1) is 36.1 Å². The Morgan fingerprint density at radius 3 is 2.33 bits per heavy atom. The maximum Gasteiger partial charge on any atom is 0.319 e. The van der Waals surface area contributed by atoms with Gasteiger partial charge >= 0.3 is 6.03 Å². The maximum atomic E-state index is 12.5. The highest BCUT2D eigenvalue weighted by molar-refractivity contribution is 5.92. The van der Waals surface area contributed by atoms with Crippen molar-refractivity contribution in [2.75, 3.05) is 45.7 Å². The summed E-state index contributed by atoms with van der Waals surface area (Å²) in [5, 5.41) is 17.7. The van der Waals surface area contributed by atoms with Crippen LogP contribution in [0, 0.1) is 10.1 Å². The highest BCUT2D eigenvalue weighted by Gasteiger charge is 2.19. The Balaban J connectivity index is 1.71. The van der Waals surface area contributed by atoms with E-state index in [0.717, 1.165) is 38.8 Å². The molecule has 12 heteroatoms. The van der Waals surface area contributed by atoms with E-state index in [-0.39, 0.29) is 23.0 Å². The number of carbonyl (C=O) groups excluding carboxylic acids is 1. The molecule has 2 amide bonds. The molecular formula is C27H36N6O6. The number of nitro benzene ring substituents is 1. The number of methoxy groups -OCH3 is 2. The van der Waals surface area contributed by atoms with E-state index in [2.05, 4.69) is 39.3 Å². The normalized spacial score (nSPS) is 10.9. The number of aromatic nitrogens is 2. The molecule has 1 heterocycles. The molecular weight excluding hydrogens is 504 g/mol. The highest BCUT2D eigenvalue weighted by Crippen LogP contribution is 2.37. The third-order valence-electron chi connectivity index (χ3n) is 6.10. The first-order valence-electron chi connectivity index (χ1n) is 13.0. The molecule has 0 bridgehead atoms. The van der Waals surface area contributed by atoms with Crippen molar-refractivity contribution < 1.29 is 23.9 Å². The molecule has 0 saturated heterocycles. The molecule has 210 valence electrons. The van der Waals surface area contributed by atoms with Gasteiger partial charge in [0.25, 0.3) is 5.69 Å². The molecule has 0 saturated carbocycles. The Kier molecular flexibility index (Phi) is 11.0. The first-order valence-corrected chi connectivity index (χ1v) is 13.0. The summed E-state index contributed by atoms with van der Waals surface area (Å²) >= 11 is 0. The zero-order valence-electron chi connectivity index (χ0n) is 22.9. The number of urea groups is 1. The van der Waals surface area contributed by atoms with Crippen LogP contribution in [0.25, 0.3) is 10.9 Å². The SMILES string of the molecule is CCCCN(CCCC)CCNC(=O)Nc1ccc(Oc2ncnc3cc(OC)c(OC)cc23)cc1[N+](=O)[O-]. The van der Waals surface area contributed by atoms with Crippen LogP contribution in [0.4, 0.5) is 16.2 Å². The van der Waals surface area contributed by atoms with Crippen molar-refractivity contribution in [3.05, 3.63) is 46.8 Å². The highest BCUT2D eigenvalue weighted by atomic mass is 16.6. The molecule has 1 aromatic heterocycles. The number of hydrogen-bond donors (Lipinski definition) is 2. The predicted octanol–water partition coefficient (Wildman–Crippen LogP) is 5.37. The monoisotopic (exact) mass is 540 g/mol. The van der Waals surface area contributed by atoms with Gasteiger partial charge in [0.1, 0.15) is 17.8 Å². The van der Waals surface area contributed by atoms with Crippen LogP contribution in [-0.4, -0.2) is 66.2 Å². The first kappa shape index (κ1) is 29.4. The molecule has 0 atom stereocenters. The van der Waals surface area contributed by atoms with Gasteiger partial charge in [-0.05, 0) is 44.1 Å². The van der Waals surface area contributed by atoms with E-state index in [1.54, 1.807) is 12.1 Å². The van der Waals surface area contributed by atoms with Gasteiger partial charge in [0.2, 0.25) is 5.88 Å². The number of amides is 2. The van der Waals surface area contributed by atoms with Gasteiger partial charge < -0.3 is 29.7 Å². The van der Waals surface area contributed by atoms with Gasteiger partial charge in [0, 0.05) is 19.2 Å². The van der Waals surface area contributed by atoms with Crippen LogP contribution in [0.1, 0.15) is 39.5 Å². The summed E-state index contributed by atoms with van der Waals surface area (Å²) < 4.78 is 16.6. The summed E-state index contributed by atoms with van der Waals surface area (Å²) in [6.07, 6.45) is 5.74. The van der Waals surface area contributed by atoms with Crippen molar-refractivity contribution in [2.45, 2.75) is 39.5 Å². The number of rotatable bonds is 15. The molecule has 0 aliphatic rings. The van der Waals surface area contributed by atoms with Gasteiger partial charge in [-0.1, -0.05) is 26.7 Å². The number of anilines is 1. The molecule has 39 heavy (non-hydrogen) atoms. The molecule has 3 aromatic rings. The maximum absolute atomic E-state index is 12.5. The molecule has 2 N–H and O–H groups in total. The van der Waals surface area contributed by atoms with Crippen LogP contribution >= 0.6 is 0 Å². The first-order chi connectivity index (χ1) is 18.9. The number of fused-ring (bicyclic) bond motifs is 1. The average molecular weight is 541 g/mol. The Morgan fingerprint density at radius 2 is 1.69 bits per heavy atom. The van der Waals surface area contributed by atoms with Gasteiger partial charge in [0.15, 0.2) is 11.5 Å². The second-order valence-electron chi connectivity index (χ2n) is 8.87. The summed E-state index contributed by atoms with van der Waals surface area (Å²) in [4.78, 5) is 34.5. The van der Waals surface area contributed by atoms with E-state index in [4.69, 9.17) is 14.2 Å². The molecule has 0 aliphatic heterocycles. The minimum atomic E-state index is -0.578. The second-order valence-corrected chi connectivity index (χ2v) is 8.87. The number of nitrogens with zero attached hydrogens (tertiary/aromatic N) is 4. The Morgan fingerprint density at radius 1 is 1.00 bits per heavy atom. The number of ether oxygens (including phenoxy) is 3. The van der Waals surface area contributed by atoms with Crippen molar-refractivity contribution in [1.82, 2.24) is 20.2 Å². The summed E-state index contributed by atoms with van der Waals surface area (Å²) in [6, 6.07) is 7.03. The fraction of sp³-hybridized carbons (Fsp3) is 0.444. The lowest BCUT2D eigenvalue weighted by atomic mass is 10.2. The van der Waals surface area contributed by atoms with Crippen molar-refractivity contribution in [1.29, 1.82) is 0 Å². The summed E-state index contributed by atoms with van der Waals surface area (Å²) in [7, 11) is 3.03. The van der Waals surface area contributed by atoms with E-state index in [0.29, 0.717) is 35.5 Å². The average Bonchev–Trinajstić information content (AvgIpc) is 2.94. The molecule has 3 rings (SSSR count). The lowest BCUT2D eigenvalue weighted by Gasteiger charge is -2.22. The molecule has 2 aromatic carbocycles. The van der Waals surface area contributed by atoms with Gasteiger partial charge in [-0.15, -0.1) is 0 Å². The van der Waals surface area contributed by atoms with E-state index in [1.807, 2.05) is 0 Å². The summed E-state index contributed by atoms with van der Waals surface area (Å²) in [5.74, 6) is 1.31. The second kappa shape index (κ2) is 14.7. The predicted molar refractivity (Wildman–Crippen MR) is 149 cm³/mol. The Hall–Kier alpha value is -4.19. The number of benzene rings is 2. The third-order valence-corrected chi connectivity index (χ3v) is 6.10. The van der Waals surface area contributed by atoms with Crippen LogP contribution in [0.2, 0.25) is 0 Å². The van der Waals surface area contributed by atoms with Crippen LogP contribution < -0.4 is 24.8 Å². The van der Waals surface area contributed by atoms with Crippen molar-refractivity contribution >= 4 is 28.3 Å². The standard InChI is InChI=1S/C27H36N6O6/c1-5-7-12-32(13-8-6-2)14-11-28-27(34)31-21-10-9-19(15-23(21)33(35)36)39-26-20-16-24(37-3)25(38-4)17-22(20)29-18-30-26/h9-10,15-18H,5-8,11-14H2,1-4H3,(H2,28,31,34). The fourth-order valence-corrected chi connectivity index (χ4v) is 3.98. The van der Waals surface area contributed by atoms with Gasteiger partial charge in [-0.25, -0.2) is 14.8 Å². The molecule has 0 radical (unpaired) electrons. The molecule has 0 aliphatic carbocycles. The quantitative estimate of drug-likeness (QED) is 0.192. The van der Waals surface area contributed by atoms with E-state index >= 15 is 0 Å². The van der Waals surface area contributed by atoms with Gasteiger partial charge in [-0.2, -0.15) is 0 Å². The number of carbonyl (C=O) groups is 1. The topological polar surface area (TPSA) is 141 Å². The van der Waals surface area contributed by atoms with Gasteiger partial charge in [-0.3, -0.25) is 10.1 Å². The van der Waals surface area contributed by atoms with Crippen molar-refractivity contribution in [2.24, 2.45) is 0 Å². The minimum absolute atomic E-state index is 0.0534. The molecule has 0 spiro atoms. The Labute approximate surface area is 227 Å². The summed E-state index contributed by atoms with van der Waals surface area (Å²) in [5.41, 5.74) is 0.287. The zero-order chi connectivity index (χ0) is 28.2. The van der Waals surface area contributed by atoms with Crippen LogP contribution in [0.3, 0.4) is 0 Å². The van der Waals surface area contributed by atoms with E-state index in [9.17, 15) is 14.9 Å². The van der Waals surface area contributed by atoms with E-state index in [1.165, 1.54) is 38.7 Å². The van der Waals surface area contributed by atoms with Crippen molar-refractivity contribution in [3.63, 3.8) is 0 Å². The number of nitrogens with one attached hydrogen (secondary N) is 2. The minimum Gasteiger partial charge on any atom is -0.493 e. The smallest absolute Gasteiger partial charge is 0.319 e. The van der Waals surface area contributed by atoms with Crippen LogP contribution in [-0.2, 0) is 0 Å². The number of hydrogen-bond acceptors (Lipinski definition) is 9.